The highest BCUT2D eigenvalue weighted by molar-refractivity contribution is 5.94. The summed E-state index contributed by atoms with van der Waals surface area (Å²) in [5.74, 6) is 1.76. The van der Waals surface area contributed by atoms with Crippen molar-refractivity contribution in [2.45, 2.75) is 39.2 Å². The Hall–Kier alpha value is -2.28. The Balaban J connectivity index is 1.94. The van der Waals surface area contributed by atoms with E-state index in [1.807, 2.05) is 18.2 Å². The van der Waals surface area contributed by atoms with Crippen molar-refractivity contribution in [3.8, 4) is 11.5 Å². The molecule has 1 heterocycles. The highest BCUT2D eigenvalue weighted by Crippen LogP contribution is 2.31. The molecule has 1 fully saturated rings. The van der Waals surface area contributed by atoms with Crippen LogP contribution in [0.2, 0.25) is 0 Å². The van der Waals surface area contributed by atoms with Crippen LogP contribution in [-0.2, 0) is 4.79 Å². The van der Waals surface area contributed by atoms with Gasteiger partial charge in [0.25, 0.3) is 5.91 Å². The molecule has 3 amide bonds. The number of carbonyl (C=O) groups excluding carboxylic acids is 2. The zero-order valence-electron chi connectivity index (χ0n) is 16.8. The SMILES string of the molecule is COc1ccc([C@@H]2CCC[NH+]2CC(=O)NC(=O)NCCC(C)C)c(OC)c1. The molecule has 3 N–H and O–H groups in total. The molecule has 0 saturated carbocycles. The van der Waals surface area contributed by atoms with E-state index < -0.39 is 6.03 Å². The molecule has 0 bridgehead atoms. The van der Waals surface area contributed by atoms with Gasteiger partial charge in [-0.1, -0.05) is 13.8 Å². The van der Waals surface area contributed by atoms with Crippen LogP contribution in [-0.4, -0.2) is 45.8 Å². The van der Waals surface area contributed by atoms with Crippen molar-refractivity contribution in [1.29, 1.82) is 0 Å². The first-order chi connectivity index (χ1) is 12.9. The molecule has 27 heavy (non-hydrogen) atoms. The molecular formula is C20H32N3O4+. The molecule has 150 valence electrons. The molecule has 0 aromatic heterocycles. The fraction of sp³-hybridized carbons (Fsp3) is 0.600. The topological polar surface area (TPSA) is 81.1 Å². The van der Waals surface area contributed by atoms with Crippen LogP contribution in [0.5, 0.6) is 11.5 Å². The third kappa shape index (κ3) is 6.13. The molecular weight excluding hydrogens is 346 g/mol. The number of benzene rings is 1. The minimum absolute atomic E-state index is 0.167. The van der Waals surface area contributed by atoms with E-state index in [0.29, 0.717) is 12.5 Å². The van der Waals surface area contributed by atoms with Crippen molar-refractivity contribution >= 4 is 11.9 Å². The molecule has 1 aromatic carbocycles. The molecule has 7 nitrogen and oxygen atoms in total. The smallest absolute Gasteiger partial charge is 0.321 e. The molecule has 2 rings (SSSR count). The lowest BCUT2D eigenvalue weighted by Crippen LogP contribution is -3.11. The fourth-order valence-corrected chi connectivity index (χ4v) is 3.50. The van der Waals surface area contributed by atoms with E-state index >= 15 is 0 Å². The van der Waals surface area contributed by atoms with Gasteiger partial charge in [-0.15, -0.1) is 0 Å². The van der Waals surface area contributed by atoms with Gasteiger partial charge in [-0.25, -0.2) is 4.79 Å². The van der Waals surface area contributed by atoms with Crippen molar-refractivity contribution in [3.05, 3.63) is 23.8 Å². The van der Waals surface area contributed by atoms with Gasteiger partial charge in [0.1, 0.15) is 17.5 Å². The minimum Gasteiger partial charge on any atom is -0.497 e. The Morgan fingerprint density at radius 2 is 2.04 bits per heavy atom. The highest BCUT2D eigenvalue weighted by atomic mass is 16.5. The van der Waals surface area contributed by atoms with Crippen LogP contribution in [0.15, 0.2) is 18.2 Å². The van der Waals surface area contributed by atoms with Crippen LogP contribution in [0, 0.1) is 5.92 Å². The Morgan fingerprint density at radius 1 is 1.26 bits per heavy atom. The number of ether oxygens (including phenoxy) is 2. The Morgan fingerprint density at radius 3 is 2.70 bits per heavy atom. The summed E-state index contributed by atoms with van der Waals surface area (Å²) in [4.78, 5) is 25.3. The van der Waals surface area contributed by atoms with Crippen LogP contribution in [0.1, 0.15) is 44.7 Å². The molecule has 0 aliphatic carbocycles. The zero-order chi connectivity index (χ0) is 19.8. The molecule has 7 heteroatoms. The third-order valence-corrected chi connectivity index (χ3v) is 4.95. The van der Waals surface area contributed by atoms with Crippen LogP contribution in [0.3, 0.4) is 0 Å². The Labute approximate surface area is 161 Å². The van der Waals surface area contributed by atoms with Gasteiger partial charge in [-0.2, -0.15) is 0 Å². The predicted octanol–water partition coefficient (Wildman–Crippen LogP) is 1.30. The second-order valence-electron chi connectivity index (χ2n) is 7.37. The number of amides is 3. The van der Waals surface area contributed by atoms with E-state index in [1.165, 1.54) is 0 Å². The summed E-state index contributed by atoms with van der Waals surface area (Å²) in [5, 5.41) is 5.17. The monoisotopic (exact) mass is 378 g/mol. The second kappa shape index (κ2) is 10.2. The van der Waals surface area contributed by atoms with Gasteiger partial charge in [0, 0.05) is 25.5 Å². The zero-order valence-corrected chi connectivity index (χ0v) is 16.8. The first-order valence-electron chi connectivity index (χ1n) is 9.58. The molecule has 2 atom stereocenters. The number of nitrogens with one attached hydrogen (secondary N) is 3. The van der Waals surface area contributed by atoms with Crippen molar-refractivity contribution < 1.29 is 24.0 Å². The molecule has 1 aliphatic rings. The second-order valence-corrected chi connectivity index (χ2v) is 7.37. The maximum atomic E-state index is 12.3. The maximum absolute atomic E-state index is 12.3. The summed E-state index contributed by atoms with van der Waals surface area (Å²) in [5.41, 5.74) is 1.07. The van der Waals surface area contributed by atoms with Crippen LogP contribution in [0.4, 0.5) is 4.79 Å². The standard InChI is InChI=1S/C20H31N3O4/c1-14(2)9-10-21-20(25)22-19(24)13-23-11-5-6-17(23)16-8-7-15(26-3)12-18(16)27-4/h7-8,12,14,17H,5-6,9-11,13H2,1-4H3,(H2,21,22,24,25)/p+1/t17-/m0/s1. The number of hydrogen-bond acceptors (Lipinski definition) is 4. The summed E-state index contributed by atoms with van der Waals surface area (Å²) in [6, 6.07) is 5.53. The van der Waals surface area contributed by atoms with Crippen LogP contribution >= 0.6 is 0 Å². The van der Waals surface area contributed by atoms with Crippen molar-refractivity contribution in [2.75, 3.05) is 33.9 Å². The van der Waals surface area contributed by atoms with Gasteiger partial charge in [0.2, 0.25) is 0 Å². The van der Waals surface area contributed by atoms with E-state index in [1.54, 1.807) is 14.2 Å². The van der Waals surface area contributed by atoms with Gasteiger partial charge in [0.05, 0.1) is 26.3 Å². The maximum Gasteiger partial charge on any atom is 0.321 e. The lowest BCUT2D eigenvalue weighted by molar-refractivity contribution is -0.910. The van der Waals surface area contributed by atoms with Crippen molar-refractivity contribution in [1.82, 2.24) is 10.6 Å². The average molecular weight is 378 g/mol. The Bertz CT molecular complexity index is 648. The number of hydrogen-bond donors (Lipinski definition) is 3. The third-order valence-electron chi connectivity index (χ3n) is 4.95. The number of methoxy groups -OCH3 is 2. The van der Waals surface area contributed by atoms with Crippen molar-refractivity contribution in [2.24, 2.45) is 5.92 Å². The van der Waals surface area contributed by atoms with Crippen LogP contribution < -0.4 is 25.0 Å². The van der Waals surface area contributed by atoms with E-state index in [9.17, 15) is 9.59 Å². The van der Waals surface area contributed by atoms with E-state index in [-0.39, 0.29) is 18.5 Å². The number of carbonyl (C=O) groups is 2. The number of urea groups is 1. The van der Waals surface area contributed by atoms with Gasteiger partial charge in [0.15, 0.2) is 6.54 Å². The predicted molar refractivity (Wildman–Crippen MR) is 103 cm³/mol. The summed E-state index contributed by atoms with van der Waals surface area (Å²) in [6.45, 7) is 5.91. The molecule has 1 unspecified atom stereocenters. The lowest BCUT2D eigenvalue weighted by Gasteiger charge is -2.23. The number of rotatable bonds is 8. The quantitative estimate of drug-likeness (QED) is 0.637. The van der Waals surface area contributed by atoms with E-state index in [4.69, 9.17) is 9.47 Å². The molecule has 1 saturated heterocycles. The molecule has 1 aromatic rings. The minimum atomic E-state index is -0.419. The molecule has 0 radical (unpaired) electrons. The van der Waals surface area contributed by atoms with E-state index in [0.717, 1.165) is 47.8 Å². The number of imide groups is 1. The van der Waals surface area contributed by atoms with Gasteiger partial charge in [-0.05, 0) is 24.5 Å². The van der Waals surface area contributed by atoms with Crippen LogP contribution in [0.25, 0.3) is 0 Å². The first-order valence-corrected chi connectivity index (χ1v) is 9.58. The molecule has 1 aliphatic heterocycles. The lowest BCUT2D eigenvalue weighted by atomic mass is 10.0. The normalized spacial score (nSPS) is 19.0. The van der Waals surface area contributed by atoms with Gasteiger partial charge >= 0.3 is 6.03 Å². The summed E-state index contributed by atoms with van der Waals surface area (Å²) < 4.78 is 10.8. The first kappa shape index (κ1) is 21.0. The number of quaternary nitrogens is 1. The van der Waals surface area contributed by atoms with E-state index in [2.05, 4.69) is 24.5 Å². The van der Waals surface area contributed by atoms with Gasteiger partial charge in [-0.3, -0.25) is 10.1 Å². The largest absolute Gasteiger partial charge is 0.497 e. The van der Waals surface area contributed by atoms with Gasteiger partial charge < -0.3 is 19.7 Å². The summed E-state index contributed by atoms with van der Waals surface area (Å²) in [6.07, 6.45) is 2.90. The highest BCUT2D eigenvalue weighted by Gasteiger charge is 2.34. The summed E-state index contributed by atoms with van der Waals surface area (Å²) in [7, 11) is 3.26. The average Bonchev–Trinajstić information content (AvgIpc) is 3.08. The number of likely N-dealkylation sites (tertiary alicyclic amines) is 1. The Kier molecular flexibility index (Phi) is 7.91. The summed E-state index contributed by atoms with van der Waals surface area (Å²) >= 11 is 0. The fourth-order valence-electron chi connectivity index (χ4n) is 3.50. The van der Waals surface area contributed by atoms with Crippen molar-refractivity contribution in [3.63, 3.8) is 0 Å². The molecule has 0 spiro atoms.